The first-order chi connectivity index (χ1) is 26.3. The number of rotatable bonds is 35. The van der Waals surface area contributed by atoms with Gasteiger partial charge in [0, 0.05) is 52.1 Å². The molecular formula is C31H51Cl2N7O15. The number of nitrogens with one attached hydrogen (secondary N) is 6. The van der Waals surface area contributed by atoms with E-state index in [2.05, 4.69) is 31.9 Å². The van der Waals surface area contributed by atoms with Gasteiger partial charge in [-0.25, -0.2) is 4.79 Å². The third-order valence-electron chi connectivity index (χ3n) is 6.82. The summed E-state index contributed by atoms with van der Waals surface area (Å²) in [6, 6.07) is -2.54. The highest BCUT2D eigenvalue weighted by Crippen LogP contribution is 2.01. The summed E-state index contributed by atoms with van der Waals surface area (Å²) >= 11 is 11.1. The molecule has 0 radical (unpaired) electrons. The lowest BCUT2D eigenvalue weighted by Crippen LogP contribution is -2.50. The lowest BCUT2D eigenvalue weighted by molar-refractivity contribution is -0.143. The fraction of sp³-hybridized carbons (Fsp3) is 0.710. The number of halogens is 2. The van der Waals surface area contributed by atoms with Gasteiger partial charge in [0.25, 0.3) is 0 Å². The first-order valence-electron chi connectivity index (χ1n) is 17.1. The second-order valence-corrected chi connectivity index (χ2v) is 11.6. The molecular weight excluding hydrogens is 781 g/mol. The lowest BCUT2D eigenvalue weighted by atomic mass is 10.1. The maximum Gasteiger partial charge on any atom is 0.326 e. The zero-order valence-electron chi connectivity index (χ0n) is 30.3. The number of aliphatic carboxylic acids is 2. The number of carbonyl (C=O) groups excluding carboxylic acids is 7. The molecule has 8 N–H and O–H groups in total. The molecule has 7 amide bonds. The number of amides is 7. The van der Waals surface area contributed by atoms with Crippen molar-refractivity contribution in [3.8, 4) is 0 Å². The number of ether oxygens (including phenoxy) is 4. The molecule has 0 aliphatic heterocycles. The summed E-state index contributed by atoms with van der Waals surface area (Å²) in [5.74, 6) is -6.55. The summed E-state index contributed by atoms with van der Waals surface area (Å²) in [6.45, 7) is 0.198. The summed E-state index contributed by atoms with van der Waals surface area (Å²) in [6.07, 6.45) is -0.496. The monoisotopic (exact) mass is 831 g/mol. The molecule has 0 fully saturated rings. The van der Waals surface area contributed by atoms with Crippen LogP contribution in [-0.2, 0) is 62.1 Å². The molecule has 0 saturated carbocycles. The van der Waals surface area contributed by atoms with Gasteiger partial charge in [-0.2, -0.15) is 0 Å². The van der Waals surface area contributed by atoms with E-state index in [1.807, 2.05) is 0 Å². The van der Waals surface area contributed by atoms with Gasteiger partial charge in [0.1, 0.15) is 37.1 Å². The van der Waals surface area contributed by atoms with E-state index in [1.54, 1.807) is 0 Å². The summed E-state index contributed by atoms with van der Waals surface area (Å²) in [7, 11) is 0. The number of carbonyl (C=O) groups is 9. The molecule has 0 aromatic carbocycles. The predicted octanol–water partition coefficient (Wildman–Crippen LogP) is -3.85. The molecule has 55 heavy (non-hydrogen) atoms. The van der Waals surface area contributed by atoms with E-state index in [4.69, 9.17) is 47.3 Å². The maximum atomic E-state index is 12.7. The Kier molecular flexibility index (Phi) is 30.4. The number of carboxylic acids is 2. The van der Waals surface area contributed by atoms with Crippen molar-refractivity contribution in [3.63, 3.8) is 0 Å². The SMILES string of the molecule is O=CNCCOCCOCC(=O)NC(CCC(=O)NCCOCCOCC(=O)NC(CCC(=O)O)C(=O)NCCN(CCNC(=O)CCl)C(=O)CCl)C(=O)O. The Bertz CT molecular complexity index is 1220. The van der Waals surface area contributed by atoms with Crippen LogP contribution in [-0.4, -0.2) is 185 Å². The molecule has 314 valence electrons. The molecule has 0 spiro atoms. The fourth-order valence-corrected chi connectivity index (χ4v) is 4.38. The van der Waals surface area contributed by atoms with Gasteiger partial charge in [0.15, 0.2) is 0 Å². The Hall–Kier alpha value is -4.35. The fourth-order valence-electron chi connectivity index (χ4n) is 4.11. The Labute approximate surface area is 327 Å². The second kappa shape index (κ2) is 33.0. The number of carboxylic acid groups (broad SMARTS) is 2. The molecule has 0 aromatic rings. The Morgan fingerprint density at radius 2 is 1.13 bits per heavy atom. The zero-order chi connectivity index (χ0) is 41.3. The standard InChI is InChI=1S/C31H51Cl2N7O15/c32-17-25(43)35-5-9-40(28(46)18-33)10-6-37-30(49)22(2-4-29(47)48)38-26(44)19-54-16-14-53-12-8-36-24(42)3-1-23(31(50)51)39-27(45)20-55-15-13-52-11-7-34-21-41/h21-23H,1-20H2,(H,34,41)(H,35,43)(H,36,42)(H,37,49)(H,38,44)(H,39,45)(H,47,48)(H,50,51). The van der Waals surface area contributed by atoms with E-state index in [0.29, 0.717) is 13.0 Å². The van der Waals surface area contributed by atoms with E-state index >= 15 is 0 Å². The van der Waals surface area contributed by atoms with E-state index in [1.165, 1.54) is 4.90 Å². The average molecular weight is 833 g/mol. The average Bonchev–Trinajstić information content (AvgIpc) is 3.15. The summed E-state index contributed by atoms with van der Waals surface area (Å²) < 4.78 is 20.8. The first kappa shape index (κ1) is 50.6. The third-order valence-corrected chi connectivity index (χ3v) is 7.29. The largest absolute Gasteiger partial charge is 0.481 e. The van der Waals surface area contributed by atoms with Gasteiger partial charge in [-0.3, -0.25) is 38.4 Å². The van der Waals surface area contributed by atoms with Gasteiger partial charge in [0.2, 0.25) is 41.9 Å². The summed E-state index contributed by atoms with van der Waals surface area (Å²) in [5.41, 5.74) is 0. The van der Waals surface area contributed by atoms with Crippen LogP contribution >= 0.6 is 23.2 Å². The van der Waals surface area contributed by atoms with Gasteiger partial charge in [0.05, 0.1) is 39.6 Å². The molecule has 0 rings (SSSR count). The topological polar surface area (TPSA) is 306 Å². The highest BCUT2D eigenvalue weighted by Gasteiger charge is 2.23. The molecule has 22 nitrogen and oxygen atoms in total. The molecule has 0 aromatic heterocycles. The van der Waals surface area contributed by atoms with E-state index < -0.39 is 79.1 Å². The van der Waals surface area contributed by atoms with Crippen LogP contribution in [0.25, 0.3) is 0 Å². The third kappa shape index (κ3) is 28.7. The molecule has 0 saturated heterocycles. The molecule has 2 atom stereocenters. The normalized spacial score (nSPS) is 11.7. The van der Waals surface area contributed by atoms with Crippen LogP contribution in [0, 0.1) is 0 Å². The van der Waals surface area contributed by atoms with Crippen molar-refractivity contribution < 1.29 is 72.3 Å². The van der Waals surface area contributed by atoms with E-state index in [-0.39, 0.29) is 103 Å². The van der Waals surface area contributed by atoms with Crippen molar-refractivity contribution in [3.05, 3.63) is 0 Å². The Morgan fingerprint density at radius 1 is 0.600 bits per heavy atom. The highest BCUT2D eigenvalue weighted by atomic mass is 35.5. The Balaban J connectivity index is 4.37. The number of hydrogen-bond acceptors (Lipinski definition) is 13. The molecule has 0 bridgehead atoms. The van der Waals surface area contributed by atoms with Crippen LogP contribution in [0.15, 0.2) is 0 Å². The van der Waals surface area contributed by atoms with Crippen molar-refractivity contribution in [2.24, 2.45) is 0 Å². The minimum Gasteiger partial charge on any atom is -0.481 e. The first-order valence-corrected chi connectivity index (χ1v) is 18.1. The van der Waals surface area contributed by atoms with Crippen LogP contribution in [0.2, 0.25) is 0 Å². The van der Waals surface area contributed by atoms with Crippen LogP contribution in [0.5, 0.6) is 0 Å². The molecule has 24 heteroatoms. The molecule has 0 heterocycles. The quantitative estimate of drug-likeness (QED) is 0.0172. The van der Waals surface area contributed by atoms with Crippen molar-refractivity contribution in [2.75, 3.05) is 104 Å². The minimum absolute atomic E-state index is 0.0188. The van der Waals surface area contributed by atoms with Crippen molar-refractivity contribution in [1.29, 1.82) is 0 Å². The Morgan fingerprint density at radius 3 is 1.67 bits per heavy atom. The van der Waals surface area contributed by atoms with Crippen LogP contribution < -0.4 is 31.9 Å². The van der Waals surface area contributed by atoms with Gasteiger partial charge in [-0.1, -0.05) is 0 Å². The molecule has 0 aliphatic carbocycles. The maximum absolute atomic E-state index is 12.7. The van der Waals surface area contributed by atoms with Gasteiger partial charge >= 0.3 is 11.9 Å². The van der Waals surface area contributed by atoms with Gasteiger partial charge < -0.3 is 66.0 Å². The van der Waals surface area contributed by atoms with Gasteiger partial charge in [-0.05, 0) is 12.8 Å². The number of alkyl halides is 2. The predicted molar refractivity (Wildman–Crippen MR) is 192 cm³/mol. The van der Waals surface area contributed by atoms with Crippen molar-refractivity contribution >= 4 is 77.0 Å². The van der Waals surface area contributed by atoms with Crippen molar-refractivity contribution in [1.82, 2.24) is 36.8 Å². The van der Waals surface area contributed by atoms with Gasteiger partial charge in [-0.15, -0.1) is 23.2 Å². The lowest BCUT2D eigenvalue weighted by Gasteiger charge is -2.23. The van der Waals surface area contributed by atoms with Crippen molar-refractivity contribution in [2.45, 2.75) is 37.8 Å². The van der Waals surface area contributed by atoms with Crippen LogP contribution in [0.3, 0.4) is 0 Å². The van der Waals surface area contributed by atoms with Crippen LogP contribution in [0.4, 0.5) is 0 Å². The summed E-state index contributed by atoms with van der Waals surface area (Å²) in [4.78, 5) is 107. The van der Waals surface area contributed by atoms with E-state index in [9.17, 15) is 48.3 Å². The number of nitrogens with zero attached hydrogens (tertiary/aromatic N) is 1. The molecule has 0 aliphatic rings. The zero-order valence-corrected chi connectivity index (χ0v) is 31.8. The highest BCUT2D eigenvalue weighted by molar-refractivity contribution is 6.27. The molecule has 2 unspecified atom stereocenters. The number of hydrogen-bond donors (Lipinski definition) is 8. The summed E-state index contributed by atoms with van der Waals surface area (Å²) in [5, 5.41) is 33.1. The van der Waals surface area contributed by atoms with E-state index in [0.717, 1.165) is 0 Å². The smallest absolute Gasteiger partial charge is 0.326 e. The minimum atomic E-state index is -1.33. The second-order valence-electron chi connectivity index (χ2n) is 11.1. The van der Waals surface area contributed by atoms with Crippen LogP contribution in [0.1, 0.15) is 25.7 Å².